The van der Waals surface area contributed by atoms with Gasteiger partial charge < -0.3 is 14.7 Å². The number of anilines is 1. The molecule has 0 unspecified atom stereocenters. The summed E-state index contributed by atoms with van der Waals surface area (Å²) in [5, 5.41) is 9.26. The number of benzene rings is 1. The molecule has 0 atom stereocenters. The summed E-state index contributed by atoms with van der Waals surface area (Å²) in [6, 6.07) is 4.55. The van der Waals surface area contributed by atoms with Gasteiger partial charge in [0.25, 0.3) is 5.91 Å². The molecule has 1 N–H and O–H groups in total. The van der Waals surface area contributed by atoms with Gasteiger partial charge in [-0.15, -0.1) is 0 Å². The Labute approximate surface area is 158 Å². The molecule has 1 saturated carbocycles. The van der Waals surface area contributed by atoms with E-state index in [1.54, 1.807) is 25.8 Å². The van der Waals surface area contributed by atoms with Crippen LogP contribution in [0.1, 0.15) is 56.3 Å². The SMILES string of the molecule is CN(C(=O)CN1C(=O)C(C)(C)Oc2ccc(C(=O)O)cc21)C1CCCCC1. The molecule has 0 aromatic heterocycles. The highest BCUT2D eigenvalue weighted by molar-refractivity contribution is 6.06. The van der Waals surface area contributed by atoms with Crippen molar-refractivity contribution >= 4 is 23.5 Å². The molecule has 1 aliphatic heterocycles. The quantitative estimate of drug-likeness (QED) is 0.875. The van der Waals surface area contributed by atoms with Gasteiger partial charge in [0, 0.05) is 13.1 Å². The van der Waals surface area contributed by atoms with Crippen LogP contribution in [0.5, 0.6) is 5.75 Å². The van der Waals surface area contributed by atoms with Crippen molar-refractivity contribution in [2.45, 2.75) is 57.6 Å². The van der Waals surface area contributed by atoms with Crippen LogP contribution >= 0.6 is 0 Å². The maximum absolute atomic E-state index is 12.9. The van der Waals surface area contributed by atoms with E-state index in [2.05, 4.69) is 0 Å². The highest BCUT2D eigenvalue weighted by Crippen LogP contribution is 2.38. The number of carbonyl (C=O) groups excluding carboxylic acids is 2. The molecule has 3 rings (SSSR count). The van der Waals surface area contributed by atoms with Crippen molar-refractivity contribution < 1.29 is 24.2 Å². The third-order valence-corrected chi connectivity index (χ3v) is 5.43. The molecular weight excluding hydrogens is 348 g/mol. The van der Waals surface area contributed by atoms with Crippen LogP contribution in [0.3, 0.4) is 0 Å². The summed E-state index contributed by atoms with van der Waals surface area (Å²) in [4.78, 5) is 40.2. The molecule has 1 aromatic rings. The largest absolute Gasteiger partial charge is 0.478 e. The van der Waals surface area contributed by atoms with E-state index in [4.69, 9.17) is 4.74 Å². The van der Waals surface area contributed by atoms with Gasteiger partial charge in [0.1, 0.15) is 12.3 Å². The van der Waals surface area contributed by atoms with Crippen molar-refractivity contribution in [2.75, 3.05) is 18.5 Å². The van der Waals surface area contributed by atoms with E-state index in [0.717, 1.165) is 25.7 Å². The summed E-state index contributed by atoms with van der Waals surface area (Å²) in [7, 11) is 1.78. The average Bonchev–Trinajstić information content (AvgIpc) is 2.64. The van der Waals surface area contributed by atoms with Crippen molar-refractivity contribution in [3.05, 3.63) is 23.8 Å². The van der Waals surface area contributed by atoms with E-state index in [0.29, 0.717) is 11.4 Å². The van der Waals surface area contributed by atoms with Crippen LogP contribution < -0.4 is 9.64 Å². The summed E-state index contributed by atoms with van der Waals surface area (Å²) < 4.78 is 5.75. The second kappa shape index (κ2) is 7.21. The molecule has 7 nitrogen and oxygen atoms in total. The number of carboxylic acids is 1. The predicted molar refractivity (Wildman–Crippen MR) is 100 cm³/mol. The first kappa shape index (κ1) is 19.2. The molecule has 146 valence electrons. The number of carboxylic acid groups (broad SMARTS) is 1. The molecule has 2 aliphatic rings. The zero-order chi connectivity index (χ0) is 19.8. The highest BCUT2D eigenvalue weighted by atomic mass is 16.5. The van der Waals surface area contributed by atoms with Gasteiger partial charge in [0.2, 0.25) is 5.91 Å². The number of nitrogens with zero attached hydrogens (tertiary/aromatic N) is 2. The van der Waals surface area contributed by atoms with E-state index in [9.17, 15) is 19.5 Å². The third-order valence-electron chi connectivity index (χ3n) is 5.43. The lowest BCUT2D eigenvalue weighted by molar-refractivity contribution is -0.137. The summed E-state index contributed by atoms with van der Waals surface area (Å²) in [6.07, 6.45) is 5.36. The maximum atomic E-state index is 12.9. The molecule has 1 heterocycles. The third kappa shape index (κ3) is 3.77. The summed E-state index contributed by atoms with van der Waals surface area (Å²) in [5.74, 6) is -1.21. The number of hydrogen-bond acceptors (Lipinski definition) is 4. The van der Waals surface area contributed by atoms with Crippen molar-refractivity contribution in [2.24, 2.45) is 0 Å². The number of likely N-dealkylation sites (N-methyl/N-ethyl adjacent to an activating group) is 1. The standard InChI is InChI=1S/C20H26N2O5/c1-20(2)19(26)22(12-17(23)21(3)14-7-5-4-6-8-14)15-11-13(18(24)25)9-10-16(15)27-20/h9-11,14H,4-8,12H2,1-3H3,(H,24,25). The van der Waals surface area contributed by atoms with Crippen LogP contribution in [-0.2, 0) is 9.59 Å². The Bertz CT molecular complexity index is 768. The number of fused-ring (bicyclic) bond motifs is 1. The minimum absolute atomic E-state index is 0.0444. The molecular formula is C20H26N2O5. The van der Waals surface area contributed by atoms with Crippen LogP contribution in [0.25, 0.3) is 0 Å². The molecule has 7 heteroatoms. The van der Waals surface area contributed by atoms with Crippen molar-refractivity contribution in [1.29, 1.82) is 0 Å². The van der Waals surface area contributed by atoms with Gasteiger partial charge in [-0.25, -0.2) is 4.79 Å². The van der Waals surface area contributed by atoms with E-state index in [-0.39, 0.29) is 30.0 Å². The number of carbonyl (C=O) groups is 3. The van der Waals surface area contributed by atoms with Crippen LogP contribution in [0.2, 0.25) is 0 Å². The topological polar surface area (TPSA) is 87.2 Å². The fourth-order valence-corrected chi connectivity index (χ4v) is 3.78. The summed E-state index contributed by atoms with van der Waals surface area (Å²) in [6.45, 7) is 3.16. The van der Waals surface area contributed by atoms with Gasteiger partial charge >= 0.3 is 5.97 Å². The Morgan fingerprint density at radius 3 is 2.56 bits per heavy atom. The maximum Gasteiger partial charge on any atom is 0.335 e. The first-order chi connectivity index (χ1) is 12.7. The Morgan fingerprint density at radius 1 is 1.26 bits per heavy atom. The number of amides is 2. The van der Waals surface area contributed by atoms with E-state index in [1.807, 2.05) is 0 Å². The number of ether oxygens (including phenoxy) is 1. The van der Waals surface area contributed by atoms with Gasteiger partial charge in [0.15, 0.2) is 5.60 Å². The van der Waals surface area contributed by atoms with Crippen molar-refractivity contribution in [1.82, 2.24) is 4.90 Å². The fraction of sp³-hybridized carbons (Fsp3) is 0.550. The lowest BCUT2D eigenvalue weighted by Gasteiger charge is -2.40. The van der Waals surface area contributed by atoms with Gasteiger partial charge in [-0.1, -0.05) is 19.3 Å². The second-order valence-electron chi connectivity index (χ2n) is 7.79. The van der Waals surface area contributed by atoms with Gasteiger partial charge in [-0.3, -0.25) is 14.5 Å². The first-order valence-corrected chi connectivity index (χ1v) is 9.34. The minimum atomic E-state index is -1.12. The molecule has 0 radical (unpaired) electrons. The zero-order valence-electron chi connectivity index (χ0n) is 16.0. The Balaban J connectivity index is 1.88. The normalized spacial score (nSPS) is 19.2. The molecule has 27 heavy (non-hydrogen) atoms. The predicted octanol–water partition coefficient (Wildman–Crippen LogP) is 2.68. The van der Waals surface area contributed by atoms with Crippen molar-refractivity contribution in [3.63, 3.8) is 0 Å². The molecule has 1 fully saturated rings. The number of rotatable bonds is 4. The van der Waals surface area contributed by atoms with Gasteiger partial charge in [-0.2, -0.15) is 0 Å². The fourth-order valence-electron chi connectivity index (χ4n) is 3.78. The van der Waals surface area contributed by atoms with Crippen LogP contribution in [0.15, 0.2) is 18.2 Å². The Hall–Kier alpha value is -2.57. The van der Waals surface area contributed by atoms with Gasteiger partial charge in [0.05, 0.1) is 11.3 Å². The van der Waals surface area contributed by atoms with Crippen LogP contribution in [0.4, 0.5) is 5.69 Å². The smallest absolute Gasteiger partial charge is 0.335 e. The van der Waals surface area contributed by atoms with E-state index < -0.39 is 11.6 Å². The second-order valence-corrected chi connectivity index (χ2v) is 7.79. The van der Waals surface area contributed by atoms with E-state index in [1.165, 1.54) is 29.5 Å². The molecule has 2 amide bonds. The highest BCUT2D eigenvalue weighted by Gasteiger charge is 2.42. The molecule has 0 bridgehead atoms. The molecule has 1 aromatic carbocycles. The Morgan fingerprint density at radius 2 is 1.93 bits per heavy atom. The zero-order valence-corrected chi connectivity index (χ0v) is 16.0. The van der Waals surface area contributed by atoms with Crippen LogP contribution in [-0.4, -0.2) is 53.0 Å². The van der Waals surface area contributed by atoms with Crippen molar-refractivity contribution in [3.8, 4) is 5.75 Å². The lowest BCUT2D eigenvalue weighted by atomic mass is 9.94. The average molecular weight is 374 g/mol. The van der Waals surface area contributed by atoms with Crippen LogP contribution in [0, 0.1) is 0 Å². The minimum Gasteiger partial charge on any atom is -0.478 e. The molecule has 1 aliphatic carbocycles. The monoisotopic (exact) mass is 374 g/mol. The summed E-state index contributed by atoms with van der Waals surface area (Å²) in [5.41, 5.74) is -0.755. The molecule has 0 spiro atoms. The first-order valence-electron chi connectivity index (χ1n) is 9.34. The lowest BCUT2D eigenvalue weighted by Crippen LogP contribution is -2.55. The number of aromatic carboxylic acids is 1. The van der Waals surface area contributed by atoms with Gasteiger partial charge in [-0.05, 0) is 44.9 Å². The number of hydrogen-bond donors (Lipinski definition) is 1. The summed E-state index contributed by atoms with van der Waals surface area (Å²) >= 11 is 0. The Kier molecular flexibility index (Phi) is 5.13. The molecule has 0 saturated heterocycles. The van der Waals surface area contributed by atoms with E-state index >= 15 is 0 Å².